The molecule has 1 saturated heterocycles. The van der Waals surface area contributed by atoms with Crippen LogP contribution in [0.25, 0.3) is 11.0 Å². The summed E-state index contributed by atoms with van der Waals surface area (Å²) >= 11 is 0. The molecule has 0 radical (unpaired) electrons. The topological polar surface area (TPSA) is 87.3 Å². The zero-order valence-corrected chi connectivity index (χ0v) is 18.0. The molecule has 29 heavy (non-hydrogen) atoms. The largest absolute Gasteiger partial charge is 0.444 e. The van der Waals surface area contributed by atoms with Crippen molar-refractivity contribution in [2.24, 2.45) is 5.92 Å². The number of hydrogen-bond donors (Lipinski definition) is 2. The number of nitrogens with one attached hydrogen (secondary N) is 2. The van der Waals surface area contributed by atoms with Gasteiger partial charge in [-0.2, -0.15) is 0 Å². The Morgan fingerprint density at radius 1 is 1.21 bits per heavy atom. The van der Waals surface area contributed by atoms with Crippen molar-refractivity contribution in [3.05, 3.63) is 30.1 Å². The van der Waals surface area contributed by atoms with Gasteiger partial charge in [0, 0.05) is 19.0 Å². The second kappa shape index (κ2) is 8.43. The summed E-state index contributed by atoms with van der Waals surface area (Å²) in [5.74, 6) is 1.23. The van der Waals surface area contributed by atoms with Crippen molar-refractivity contribution in [1.82, 2.24) is 20.2 Å². The smallest absolute Gasteiger partial charge is 0.408 e. The van der Waals surface area contributed by atoms with Gasteiger partial charge in [0.25, 0.3) is 0 Å². The monoisotopic (exact) mass is 400 g/mol. The molecule has 1 aromatic heterocycles. The Labute approximate surface area is 172 Å². The number of fused-ring (bicyclic) bond motifs is 1. The lowest BCUT2D eigenvalue weighted by molar-refractivity contribution is -0.135. The fourth-order valence-electron chi connectivity index (χ4n) is 3.68. The van der Waals surface area contributed by atoms with Crippen LogP contribution in [-0.4, -0.2) is 51.6 Å². The van der Waals surface area contributed by atoms with Crippen LogP contribution in [0.4, 0.5) is 4.79 Å². The van der Waals surface area contributed by atoms with Crippen LogP contribution in [0.3, 0.4) is 0 Å². The molecule has 7 heteroatoms. The summed E-state index contributed by atoms with van der Waals surface area (Å²) in [6.07, 6.45) is 1.15. The first-order valence-electron chi connectivity index (χ1n) is 10.4. The molecule has 0 spiro atoms. The summed E-state index contributed by atoms with van der Waals surface area (Å²) in [6, 6.07) is 7.42. The fraction of sp³-hybridized carbons (Fsp3) is 0.591. The zero-order chi connectivity index (χ0) is 21.2. The molecule has 3 rings (SSSR count). The number of imidazole rings is 1. The summed E-state index contributed by atoms with van der Waals surface area (Å²) in [6.45, 7) is 10.6. The van der Waals surface area contributed by atoms with Gasteiger partial charge in [-0.15, -0.1) is 0 Å². The van der Waals surface area contributed by atoms with E-state index in [4.69, 9.17) is 9.72 Å². The molecule has 158 valence electrons. The van der Waals surface area contributed by atoms with Crippen LogP contribution in [0.15, 0.2) is 24.3 Å². The number of rotatable bonds is 4. The van der Waals surface area contributed by atoms with E-state index >= 15 is 0 Å². The maximum absolute atomic E-state index is 13.1. The molecule has 2 aromatic rings. The van der Waals surface area contributed by atoms with Crippen LogP contribution < -0.4 is 5.32 Å². The first-order valence-corrected chi connectivity index (χ1v) is 10.4. The first kappa shape index (κ1) is 21.1. The van der Waals surface area contributed by atoms with Crippen LogP contribution >= 0.6 is 0 Å². The zero-order valence-electron chi connectivity index (χ0n) is 18.0. The van der Waals surface area contributed by atoms with E-state index < -0.39 is 17.7 Å². The highest BCUT2D eigenvalue weighted by atomic mass is 16.6. The fourth-order valence-corrected chi connectivity index (χ4v) is 3.68. The number of H-pyrrole nitrogens is 1. The van der Waals surface area contributed by atoms with E-state index in [0.29, 0.717) is 19.0 Å². The van der Waals surface area contributed by atoms with Gasteiger partial charge in [0.05, 0.1) is 11.0 Å². The molecule has 0 saturated carbocycles. The van der Waals surface area contributed by atoms with E-state index in [2.05, 4.69) is 10.3 Å². The van der Waals surface area contributed by atoms with E-state index in [1.54, 1.807) is 0 Å². The van der Waals surface area contributed by atoms with Crippen molar-refractivity contribution in [2.75, 3.05) is 13.1 Å². The third-order valence-corrected chi connectivity index (χ3v) is 5.21. The van der Waals surface area contributed by atoms with Gasteiger partial charge in [0.15, 0.2) is 0 Å². The predicted molar refractivity (Wildman–Crippen MR) is 113 cm³/mol. The number of nitrogens with zero attached hydrogens (tertiary/aromatic N) is 2. The van der Waals surface area contributed by atoms with Crippen molar-refractivity contribution in [3.63, 3.8) is 0 Å². The molecule has 7 nitrogen and oxygen atoms in total. The number of piperidine rings is 1. The van der Waals surface area contributed by atoms with Crippen molar-refractivity contribution < 1.29 is 14.3 Å². The van der Waals surface area contributed by atoms with Gasteiger partial charge < -0.3 is 19.9 Å². The number of likely N-dealkylation sites (tertiary alicyclic amines) is 1. The molecule has 1 aliphatic rings. The molecule has 0 aliphatic carbocycles. The molecular weight excluding hydrogens is 368 g/mol. The minimum Gasteiger partial charge on any atom is -0.444 e. The molecule has 1 fully saturated rings. The van der Waals surface area contributed by atoms with E-state index in [0.717, 1.165) is 29.7 Å². The van der Waals surface area contributed by atoms with Crippen LogP contribution in [-0.2, 0) is 9.53 Å². The van der Waals surface area contributed by atoms with Gasteiger partial charge in [-0.25, -0.2) is 9.78 Å². The summed E-state index contributed by atoms with van der Waals surface area (Å²) in [7, 11) is 0. The molecule has 2 amide bonds. The summed E-state index contributed by atoms with van der Waals surface area (Å²) in [5, 5.41) is 2.76. The third kappa shape index (κ3) is 5.28. The maximum atomic E-state index is 13.1. The Morgan fingerprint density at radius 2 is 1.86 bits per heavy atom. The summed E-state index contributed by atoms with van der Waals surface area (Å²) < 4.78 is 5.33. The number of para-hydroxylation sites is 2. The van der Waals surface area contributed by atoms with E-state index in [9.17, 15) is 9.59 Å². The van der Waals surface area contributed by atoms with Gasteiger partial charge in [-0.3, -0.25) is 4.79 Å². The number of carbonyl (C=O) groups excluding carboxylic acids is 2. The number of carbonyl (C=O) groups is 2. The van der Waals surface area contributed by atoms with E-state index in [1.165, 1.54) is 0 Å². The van der Waals surface area contributed by atoms with Crippen LogP contribution in [0, 0.1) is 5.92 Å². The number of aromatic nitrogens is 2. The van der Waals surface area contributed by atoms with Crippen molar-refractivity contribution in [1.29, 1.82) is 0 Å². The number of alkyl carbamates (subject to hydrolysis) is 1. The standard InChI is InChI=1S/C22H32N4O3/c1-14(2)18(25-21(28)29-22(3,4)5)20(27)26-12-10-15(11-13-26)19-23-16-8-6-7-9-17(16)24-19/h6-9,14-15,18H,10-13H2,1-5H3,(H,23,24)(H,25,28). The van der Waals surface area contributed by atoms with Gasteiger partial charge in [-0.05, 0) is 51.7 Å². The van der Waals surface area contributed by atoms with E-state index in [1.807, 2.05) is 63.8 Å². The van der Waals surface area contributed by atoms with Gasteiger partial charge >= 0.3 is 6.09 Å². The SMILES string of the molecule is CC(C)C(NC(=O)OC(C)(C)C)C(=O)N1CCC(c2nc3ccccc3[nH]2)CC1. The van der Waals surface area contributed by atoms with E-state index in [-0.39, 0.29) is 11.8 Å². The Morgan fingerprint density at radius 3 is 2.45 bits per heavy atom. The average Bonchev–Trinajstić information content (AvgIpc) is 3.08. The van der Waals surface area contributed by atoms with Gasteiger partial charge in [0.2, 0.25) is 5.91 Å². The molecule has 1 unspecified atom stereocenters. The van der Waals surface area contributed by atoms with Gasteiger partial charge in [0.1, 0.15) is 17.5 Å². The number of benzene rings is 1. The lowest BCUT2D eigenvalue weighted by Crippen LogP contribution is -2.53. The molecule has 1 atom stereocenters. The number of amides is 2. The third-order valence-electron chi connectivity index (χ3n) is 5.21. The number of ether oxygens (including phenoxy) is 1. The minimum atomic E-state index is -0.598. The molecule has 1 aliphatic heterocycles. The van der Waals surface area contributed by atoms with Crippen LogP contribution in [0.1, 0.15) is 59.2 Å². The maximum Gasteiger partial charge on any atom is 0.408 e. The molecule has 2 N–H and O–H groups in total. The quantitative estimate of drug-likeness (QED) is 0.817. The first-order chi connectivity index (χ1) is 13.6. The van der Waals surface area contributed by atoms with Crippen molar-refractivity contribution in [3.8, 4) is 0 Å². The number of hydrogen-bond acceptors (Lipinski definition) is 4. The molecule has 0 bridgehead atoms. The van der Waals surface area contributed by atoms with Crippen molar-refractivity contribution >= 4 is 23.0 Å². The second-order valence-corrected chi connectivity index (χ2v) is 9.11. The predicted octanol–water partition coefficient (Wildman–Crippen LogP) is 3.82. The van der Waals surface area contributed by atoms with Crippen LogP contribution in [0.2, 0.25) is 0 Å². The minimum absolute atomic E-state index is 0.0249. The molecular formula is C22H32N4O3. The highest BCUT2D eigenvalue weighted by Crippen LogP contribution is 2.28. The highest BCUT2D eigenvalue weighted by molar-refractivity contribution is 5.86. The summed E-state index contributed by atoms with van der Waals surface area (Å²) in [4.78, 5) is 35.2. The Kier molecular flexibility index (Phi) is 6.15. The lowest BCUT2D eigenvalue weighted by Gasteiger charge is -2.35. The van der Waals surface area contributed by atoms with Crippen molar-refractivity contribution in [2.45, 2.75) is 65.0 Å². The Balaban J connectivity index is 1.60. The average molecular weight is 401 g/mol. The van der Waals surface area contributed by atoms with Gasteiger partial charge in [-0.1, -0.05) is 26.0 Å². The molecule has 2 heterocycles. The molecule has 1 aromatic carbocycles. The Bertz CT molecular complexity index is 827. The lowest BCUT2D eigenvalue weighted by atomic mass is 9.94. The second-order valence-electron chi connectivity index (χ2n) is 9.11. The normalized spacial score (nSPS) is 16.8. The number of aromatic amines is 1. The Hall–Kier alpha value is -2.57. The highest BCUT2D eigenvalue weighted by Gasteiger charge is 2.33. The van der Waals surface area contributed by atoms with Crippen LogP contribution in [0.5, 0.6) is 0 Å². The summed E-state index contributed by atoms with van der Waals surface area (Å²) in [5.41, 5.74) is 1.42.